The number of H-pyrrole nitrogens is 1. The van der Waals surface area contributed by atoms with Crippen molar-refractivity contribution in [1.29, 1.82) is 0 Å². The molecule has 2 unspecified atom stereocenters. The minimum atomic E-state index is -0.285. The van der Waals surface area contributed by atoms with Crippen LogP contribution in [0.3, 0.4) is 0 Å². The van der Waals surface area contributed by atoms with E-state index in [1.165, 1.54) is 0 Å². The molecule has 0 saturated carbocycles. The zero-order valence-corrected chi connectivity index (χ0v) is 9.62. The molecule has 1 fully saturated rings. The van der Waals surface area contributed by atoms with Crippen molar-refractivity contribution in [3.63, 3.8) is 0 Å². The molecule has 0 radical (unpaired) electrons. The first-order valence-corrected chi connectivity index (χ1v) is 5.56. The summed E-state index contributed by atoms with van der Waals surface area (Å²) in [6.07, 6.45) is 2.41. The Morgan fingerprint density at radius 3 is 3.12 bits per heavy atom. The Hall–Kier alpha value is -1.36. The highest BCUT2D eigenvalue weighted by atomic mass is 16.5. The summed E-state index contributed by atoms with van der Waals surface area (Å²) in [7, 11) is 0. The number of hydrogen-bond donors (Lipinski definition) is 2. The Labute approximate surface area is 94.6 Å². The summed E-state index contributed by atoms with van der Waals surface area (Å²) in [4.78, 5) is 11.8. The number of rotatable bonds is 3. The van der Waals surface area contributed by atoms with Gasteiger partial charge in [-0.25, -0.2) is 0 Å². The lowest BCUT2D eigenvalue weighted by Crippen LogP contribution is -2.36. The number of carbonyl (C=O) groups excluding carboxylic acids is 1. The average molecular weight is 223 g/mol. The van der Waals surface area contributed by atoms with Crippen molar-refractivity contribution in [2.45, 2.75) is 32.9 Å². The monoisotopic (exact) mass is 223 g/mol. The molecule has 2 N–H and O–H groups in total. The minimum Gasteiger partial charge on any atom is -0.368 e. The molecular weight excluding hydrogens is 206 g/mol. The van der Waals surface area contributed by atoms with Crippen molar-refractivity contribution in [2.24, 2.45) is 5.92 Å². The van der Waals surface area contributed by atoms with E-state index in [0.717, 1.165) is 17.7 Å². The van der Waals surface area contributed by atoms with Gasteiger partial charge in [0.05, 0.1) is 6.20 Å². The molecule has 1 aromatic rings. The summed E-state index contributed by atoms with van der Waals surface area (Å²) < 4.78 is 5.39. The van der Waals surface area contributed by atoms with Gasteiger partial charge in [0.15, 0.2) is 0 Å². The van der Waals surface area contributed by atoms with E-state index < -0.39 is 0 Å². The molecule has 1 aromatic heterocycles. The minimum absolute atomic E-state index is 0.0226. The standard InChI is InChI=1S/C11H17N3O2/c1-7-3-4-16-10(7)11(15)12-5-9-6-13-14-8(9)2/h6-7,10H,3-5H2,1-2H3,(H,12,15)(H,13,14). The molecule has 2 atom stereocenters. The highest BCUT2D eigenvalue weighted by Gasteiger charge is 2.30. The average Bonchev–Trinajstić information content (AvgIpc) is 2.84. The third kappa shape index (κ3) is 2.24. The number of aromatic nitrogens is 2. The second-order valence-corrected chi connectivity index (χ2v) is 4.30. The normalized spacial score (nSPS) is 24.6. The third-order valence-electron chi connectivity index (χ3n) is 3.03. The maximum Gasteiger partial charge on any atom is 0.249 e. The first-order valence-electron chi connectivity index (χ1n) is 5.56. The Bertz CT molecular complexity index is 375. The van der Waals surface area contributed by atoms with Gasteiger partial charge in [0.1, 0.15) is 6.10 Å². The lowest BCUT2D eigenvalue weighted by Gasteiger charge is -2.14. The van der Waals surface area contributed by atoms with Gasteiger partial charge in [-0.1, -0.05) is 6.92 Å². The fraction of sp³-hybridized carbons (Fsp3) is 0.636. The molecular formula is C11H17N3O2. The molecule has 0 aromatic carbocycles. The van der Waals surface area contributed by atoms with Crippen molar-refractivity contribution in [3.8, 4) is 0 Å². The fourth-order valence-electron chi connectivity index (χ4n) is 1.87. The maximum atomic E-state index is 11.8. The second kappa shape index (κ2) is 4.65. The van der Waals surface area contributed by atoms with Crippen LogP contribution >= 0.6 is 0 Å². The lowest BCUT2D eigenvalue weighted by atomic mass is 10.0. The molecule has 2 rings (SSSR count). The molecule has 2 heterocycles. The predicted octanol–water partition coefficient (Wildman–Crippen LogP) is 0.759. The number of aromatic amines is 1. The summed E-state index contributed by atoms with van der Waals surface area (Å²) in [5.74, 6) is 0.288. The third-order valence-corrected chi connectivity index (χ3v) is 3.03. The number of amides is 1. The van der Waals surface area contributed by atoms with Crippen LogP contribution in [0.5, 0.6) is 0 Å². The van der Waals surface area contributed by atoms with E-state index in [1.54, 1.807) is 6.20 Å². The Morgan fingerprint density at radius 2 is 2.56 bits per heavy atom. The zero-order valence-electron chi connectivity index (χ0n) is 9.62. The van der Waals surface area contributed by atoms with Gasteiger partial charge >= 0.3 is 0 Å². The molecule has 0 aliphatic carbocycles. The zero-order chi connectivity index (χ0) is 11.5. The van der Waals surface area contributed by atoms with Crippen LogP contribution < -0.4 is 5.32 Å². The molecule has 0 bridgehead atoms. The maximum absolute atomic E-state index is 11.8. The Balaban J connectivity index is 1.86. The van der Waals surface area contributed by atoms with E-state index in [2.05, 4.69) is 15.5 Å². The van der Waals surface area contributed by atoms with E-state index >= 15 is 0 Å². The van der Waals surface area contributed by atoms with Crippen LogP contribution in [0.1, 0.15) is 24.6 Å². The van der Waals surface area contributed by atoms with Crippen LogP contribution in [0.15, 0.2) is 6.20 Å². The molecule has 5 nitrogen and oxygen atoms in total. The smallest absolute Gasteiger partial charge is 0.249 e. The fourth-order valence-corrected chi connectivity index (χ4v) is 1.87. The molecule has 16 heavy (non-hydrogen) atoms. The Kier molecular flexibility index (Phi) is 3.24. The molecule has 0 spiro atoms. The molecule has 1 aliphatic heterocycles. The summed E-state index contributed by atoms with van der Waals surface area (Å²) >= 11 is 0. The first kappa shape index (κ1) is 11.1. The van der Waals surface area contributed by atoms with Crippen molar-refractivity contribution < 1.29 is 9.53 Å². The second-order valence-electron chi connectivity index (χ2n) is 4.30. The Morgan fingerprint density at radius 1 is 1.75 bits per heavy atom. The van der Waals surface area contributed by atoms with Crippen molar-refractivity contribution >= 4 is 5.91 Å². The SMILES string of the molecule is Cc1[nH]ncc1CNC(=O)C1OCCC1C. The summed E-state index contributed by atoms with van der Waals surface area (Å²) in [6, 6.07) is 0. The highest BCUT2D eigenvalue weighted by Crippen LogP contribution is 2.20. The number of ether oxygens (including phenoxy) is 1. The molecule has 1 aliphatic rings. The molecule has 1 saturated heterocycles. The van der Waals surface area contributed by atoms with Gasteiger partial charge in [-0.15, -0.1) is 0 Å². The highest BCUT2D eigenvalue weighted by molar-refractivity contribution is 5.81. The van der Waals surface area contributed by atoms with E-state index in [0.29, 0.717) is 19.1 Å². The van der Waals surface area contributed by atoms with E-state index in [1.807, 2.05) is 13.8 Å². The topological polar surface area (TPSA) is 67.0 Å². The van der Waals surface area contributed by atoms with Crippen LogP contribution in [-0.4, -0.2) is 28.8 Å². The van der Waals surface area contributed by atoms with Crippen molar-refractivity contribution in [2.75, 3.05) is 6.61 Å². The summed E-state index contributed by atoms with van der Waals surface area (Å²) in [5, 5.41) is 9.62. The van der Waals surface area contributed by atoms with Crippen LogP contribution in [0.2, 0.25) is 0 Å². The molecule has 88 valence electrons. The quantitative estimate of drug-likeness (QED) is 0.795. The predicted molar refractivity (Wildman–Crippen MR) is 58.7 cm³/mol. The number of nitrogens with one attached hydrogen (secondary N) is 2. The number of aryl methyl sites for hydroxylation is 1. The number of hydrogen-bond acceptors (Lipinski definition) is 3. The van der Waals surface area contributed by atoms with E-state index in [4.69, 9.17) is 4.74 Å². The summed E-state index contributed by atoms with van der Waals surface area (Å²) in [5.41, 5.74) is 2.00. The van der Waals surface area contributed by atoms with Gasteiger partial charge in [-0.05, 0) is 19.3 Å². The number of nitrogens with zero attached hydrogens (tertiary/aromatic N) is 1. The van der Waals surface area contributed by atoms with Gasteiger partial charge < -0.3 is 10.1 Å². The van der Waals surface area contributed by atoms with Gasteiger partial charge in [-0.3, -0.25) is 9.89 Å². The van der Waals surface area contributed by atoms with Gasteiger partial charge in [0.25, 0.3) is 0 Å². The van der Waals surface area contributed by atoms with Crippen LogP contribution in [0.25, 0.3) is 0 Å². The van der Waals surface area contributed by atoms with Gasteiger partial charge in [0.2, 0.25) is 5.91 Å². The van der Waals surface area contributed by atoms with Crippen molar-refractivity contribution in [1.82, 2.24) is 15.5 Å². The van der Waals surface area contributed by atoms with E-state index in [9.17, 15) is 4.79 Å². The van der Waals surface area contributed by atoms with E-state index in [-0.39, 0.29) is 12.0 Å². The molecule has 5 heteroatoms. The van der Waals surface area contributed by atoms with Gasteiger partial charge in [0, 0.05) is 24.4 Å². The lowest BCUT2D eigenvalue weighted by molar-refractivity contribution is -0.131. The summed E-state index contributed by atoms with van der Waals surface area (Å²) in [6.45, 7) is 5.17. The van der Waals surface area contributed by atoms with Crippen LogP contribution in [0.4, 0.5) is 0 Å². The molecule has 1 amide bonds. The number of carbonyl (C=O) groups is 1. The van der Waals surface area contributed by atoms with Crippen LogP contribution in [-0.2, 0) is 16.1 Å². The van der Waals surface area contributed by atoms with Crippen molar-refractivity contribution in [3.05, 3.63) is 17.5 Å². The largest absolute Gasteiger partial charge is 0.368 e. The van der Waals surface area contributed by atoms with Crippen LogP contribution in [0, 0.1) is 12.8 Å². The van der Waals surface area contributed by atoms with Gasteiger partial charge in [-0.2, -0.15) is 5.10 Å². The first-order chi connectivity index (χ1) is 7.68.